The van der Waals surface area contributed by atoms with Gasteiger partial charge in [0.05, 0.1) is 11.1 Å². The van der Waals surface area contributed by atoms with Crippen LogP contribution in [0.1, 0.15) is 26.7 Å². The van der Waals surface area contributed by atoms with Gasteiger partial charge in [-0.3, -0.25) is 0 Å². The van der Waals surface area contributed by atoms with Crippen LogP contribution in [0.2, 0.25) is 0 Å². The molecule has 0 unspecified atom stereocenters. The molecule has 13 heavy (non-hydrogen) atoms. The Labute approximate surface area is 79.6 Å². The Morgan fingerprint density at radius 2 is 2.23 bits per heavy atom. The topological polar surface area (TPSA) is 38.0 Å². The fourth-order valence-electron chi connectivity index (χ4n) is 1.75. The Kier molecular flexibility index (Phi) is 1.68. The molecular formula is C11H16N2. The van der Waals surface area contributed by atoms with E-state index in [0.29, 0.717) is 0 Å². The maximum absolute atomic E-state index is 5.93. The number of nitrogens with two attached hydrogens (primary N) is 1. The van der Waals surface area contributed by atoms with E-state index in [0.717, 1.165) is 25.1 Å². The third kappa shape index (κ3) is 1.24. The Bertz CT molecular complexity index is 311. The highest BCUT2D eigenvalue weighted by Gasteiger charge is 2.81. The summed E-state index contributed by atoms with van der Waals surface area (Å²) >= 11 is 0. The van der Waals surface area contributed by atoms with E-state index in [-0.39, 0.29) is 11.0 Å². The van der Waals surface area contributed by atoms with Crippen LogP contribution in [-0.2, 0) is 0 Å². The summed E-state index contributed by atoms with van der Waals surface area (Å²) in [7, 11) is 0. The summed E-state index contributed by atoms with van der Waals surface area (Å²) in [5.41, 5.74) is 7.29. The summed E-state index contributed by atoms with van der Waals surface area (Å²) in [6.45, 7) is 5.00. The van der Waals surface area contributed by atoms with Crippen LogP contribution in [0.3, 0.4) is 0 Å². The van der Waals surface area contributed by atoms with Gasteiger partial charge in [-0.1, -0.05) is 12.0 Å². The average molecular weight is 176 g/mol. The molecule has 0 aromatic heterocycles. The molecule has 0 amide bonds. The number of fused-ring (bicyclic) bond motifs is 1. The van der Waals surface area contributed by atoms with Crippen LogP contribution in [0.4, 0.5) is 0 Å². The van der Waals surface area contributed by atoms with Gasteiger partial charge in [0.2, 0.25) is 0 Å². The molecule has 2 aliphatic carbocycles. The van der Waals surface area contributed by atoms with Crippen molar-refractivity contribution in [1.82, 2.24) is 5.32 Å². The molecule has 0 spiro atoms. The minimum atomic E-state index is 0.116. The van der Waals surface area contributed by atoms with Crippen molar-refractivity contribution in [1.29, 1.82) is 0 Å². The van der Waals surface area contributed by atoms with Crippen LogP contribution in [0.15, 0.2) is 11.8 Å². The van der Waals surface area contributed by atoms with Crippen LogP contribution in [0.25, 0.3) is 0 Å². The van der Waals surface area contributed by atoms with Gasteiger partial charge in [0, 0.05) is 12.1 Å². The van der Waals surface area contributed by atoms with Crippen LogP contribution in [0, 0.1) is 17.3 Å². The highest BCUT2D eigenvalue weighted by molar-refractivity contribution is 5.50. The number of nitrogens with one attached hydrogen (secondary N) is 1. The van der Waals surface area contributed by atoms with Crippen molar-refractivity contribution in [2.75, 3.05) is 6.54 Å². The molecule has 0 saturated heterocycles. The van der Waals surface area contributed by atoms with Crippen molar-refractivity contribution in [2.45, 2.75) is 32.2 Å². The molecule has 0 aliphatic heterocycles. The normalized spacial score (nSPS) is 40.1. The van der Waals surface area contributed by atoms with Gasteiger partial charge in [0.15, 0.2) is 0 Å². The molecule has 2 saturated carbocycles. The molecule has 0 aromatic carbocycles. The van der Waals surface area contributed by atoms with Crippen LogP contribution >= 0.6 is 0 Å². The van der Waals surface area contributed by atoms with Crippen molar-refractivity contribution >= 4 is 0 Å². The van der Waals surface area contributed by atoms with E-state index in [1.165, 1.54) is 0 Å². The van der Waals surface area contributed by atoms with Crippen molar-refractivity contribution in [3.63, 3.8) is 0 Å². The molecular weight excluding hydrogens is 160 g/mol. The van der Waals surface area contributed by atoms with E-state index in [2.05, 4.69) is 24.1 Å². The van der Waals surface area contributed by atoms with Gasteiger partial charge in [-0.15, -0.1) is 0 Å². The monoisotopic (exact) mass is 176 g/mol. The zero-order valence-corrected chi connectivity index (χ0v) is 8.28. The van der Waals surface area contributed by atoms with Crippen LogP contribution in [0.5, 0.6) is 0 Å². The maximum atomic E-state index is 5.93. The molecule has 0 heterocycles. The van der Waals surface area contributed by atoms with Gasteiger partial charge < -0.3 is 11.1 Å². The summed E-state index contributed by atoms with van der Waals surface area (Å²) < 4.78 is 0. The average Bonchev–Trinajstić information content (AvgIpc) is 2.83. The quantitative estimate of drug-likeness (QED) is 0.616. The lowest BCUT2D eigenvalue weighted by Crippen LogP contribution is -2.10. The Hall–Kier alpha value is -0.940. The number of hydrogen-bond donors (Lipinski definition) is 2. The van der Waals surface area contributed by atoms with Crippen molar-refractivity contribution in [3.05, 3.63) is 11.8 Å². The lowest BCUT2D eigenvalue weighted by molar-refractivity contribution is 0.771. The first-order valence-corrected chi connectivity index (χ1v) is 4.88. The highest BCUT2D eigenvalue weighted by atomic mass is 15.0. The van der Waals surface area contributed by atoms with E-state index >= 15 is 0 Å². The lowest BCUT2D eigenvalue weighted by atomic mass is 10.2. The standard InChI is InChI=1S/C11H16N2/c1-3-9(13-4-2)5-6-10-7-11(10,12)8-10/h3,13H,4,7-8,12H2,1-2H3/b9-3-. The summed E-state index contributed by atoms with van der Waals surface area (Å²) in [6, 6.07) is 0. The summed E-state index contributed by atoms with van der Waals surface area (Å²) in [6.07, 6.45) is 4.22. The van der Waals surface area contributed by atoms with Crippen molar-refractivity contribution < 1.29 is 0 Å². The minimum absolute atomic E-state index is 0.116. The molecule has 2 aliphatic rings. The van der Waals surface area contributed by atoms with Crippen LogP contribution in [-0.4, -0.2) is 12.1 Å². The van der Waals surface area contributed by atoms with Crippen LogP contribution < -0.4 is 11.1 Å². The van der Waals surface area contributed by atoms with Gasteiger partial charge in [0.25, 0.3) is 0 Å². The number of hydrogen-bond acceptors (Lipinski definition) is 2. The molecule has 0 atom stereocenters. The first kappa shape index (κ1) is 8.65. The van der Waals surface area contributed by atoms with E-state index in [1.54, 1.807) is 0 Å². The van der Waals surface area contributed by atoms with Crippen molar-refractivity contribution in [2.24, 2.45) is 11.1 Å². The third-order valence-corrected chi connectivity index (χ3v) is 3.03. The van der Waals surface area contributed by atoms with E-state index in [1.807, 2.05) is 13.0 Å². The lowest BCUT2D eigenvalue weighted by Gasteiger charge is -1.98. The second-order valence-corrected chi connectivity index (χ2v) is 4.07. The predicted octanol–water partition coefficient (Wildman–Crippen LogP) is 0.994. The molecule has 2 nitrogen and oxygen atoms in total. The van der Waals surface area contributed by atoms with E-state index < -0.39 is 0 Å². The van der Waals surface area contributed by atoms with E-state index in [4.69, 9.17) is 5.73 Å². The first-order valence-electron chi connectivity index (χ1n) is 4.88. The Balaban J connectivity index is 1.97. The largest absolute Gasteiger partial charge is 0.379 e. The highest BCUT2D eigenvalue weighted by Crippen LogP contribution is 2.76. The van der Waals surface area contributed by atoms with E-state index in [9.17, 15) is 0 Å². The summed E-state index contributed by atoms with van der Waals surface area (Å²) in [4.78, 5) is 0. The minimum Gasteiger partial charge on any atom is -0.379 e. The van der Waals surface area contributed by atoms with Gasteiger partial charge >= 0.3 is 0 Å². The first-order chi connectivity index (χ1) is 6.16. The molecule has 70 valence electrons. The third-order valence-electron chi connectivity index (χ3n) is 3.03. The fraction of sp³-hybridized carbons (Fsp3) is 0.636. The van der Waals surface area contributed by atoms with Crippen molar-refractivity contribution in [3.8, 4) is 11.8 Å². The summed E-state index contributed by atoms with van der Waals surface area (Å²) in [5, 5.41) is 3.21. The molecule has 0 radical (unpaired) electrons. The number of rotatable bonds is 2. The zero-order valence-electron chi connectivity index (χ0n) is 8.28. The SMILES string of the molecule is C/C=C(/C#CC12CC1(N)C2)NCC. The Morgan fingerprint density at radius 1 is 1.62 bits per heavy atom. The smallest absolute Gasteiger partial charge is 0.0810 e. The maximum Gasteiger partial charge on any atom is 0.0810 e. The zero-order chi connectivity index (χ0) is 9.53. The molecule has 2 heteroatoms. The Morgan fingerprint density at radius 3 is 2.62 bits per heavy atom. The number of allylic oxidation sites excluding steroid dienone is 2. The second-order valence-electron chi connectivity index (χ2n) is 4.07. The molecule has 2 fully saturated rings. The van der Waals surface area contributed by atoms with Gasteiger partial charge in [-0.05, 0) is 32.6 Å². The molecule has 0 aromatic rings. The molecule has 3 N–H and O–H groups in total. The predicted molar refractivity (Wildman–Crippen MR) is 53.8 cm³/mol. The van der Waals surface area contributed by atoms with Gasteiger partial charge in [-0.25, -0.2) is 0 Å². The fourth-order valence-corrected chi connectivity index (χ4v) is 1.75. The molecule has 0 bridgehead atoms. The van der Waals surface area contributed by atoms with Gasteiger partial charge in [-0.2, -0.15) is 0 Å². The second kappa shape index (κ2) is 2.52. The summed E-state index contributed by atoms with van der Waals surface area (Å²) in [5.74, 6) is 6.44. The van der Waals surface area contributed by atoms with Gasteiger partial charge in [0.1, 0.15) is 0 Å². The molecule has 2 rings (SSSR count).